The number of hydrogen-bond acceptors (Lipinski definition) is 25. The molecular formula is C96H105BrClN19O8S4. The van der Waals surface area contributed by atoms with Crippen LogP contribution in [0.4, 0.5) is 0 Å². The third-order valence-corrected chi connectivity index (χ3v) is 30.8. The molecule has 11 heterocycles. The van der Waals surface area contributed by atoms with Gasteiger partial charge in [-0.05, 0) is 246 Å². The molecule has 33 heteroatoms. The first-order valence-corrected chi connectivity index (χ1v) is 46.8. The highest BCUT2D eigenvalue weighted by Crippen LogP contribution is 2.53. The van der Waals surface area contributed by atoms with Gasteiger partial charge in [0.05, 0.1) is 72.0 Å². The number of aliphatic hydroxyl groups excluding tert-OH is 1. The molecule has 10 aromatic rings. The number of hydrogen-bond donors (Lipinski definition) is 6. The zero-order chi connectivity index (χ0) is 92.8. The Morgan fingerprint density at radius 3 is 1.80 bits per heavy atom. The van der Waals surface area contributed by atoms with Gasteiger partial charge in [0.1, 0.15) is 16.6 Å². The van der Waals surface area contributed by atoms with E-state index in [9.17, 15) is 44.4 Å². The van der Waals surface area contributed by atoms with E-state index < -0.39 is 33.8 Å². The van der Waals surface area contributed by atoms with Crippen molar-refractivity contribution in [1.29, 1.82) is 10.5 Å². The Kier molecular flexibility index (Phi) is 29.1. The quantitative estimate of drug-likeness (QED) is 0.0493. The number of halogens is 2. The summed E-state index contributed by atoms with van der Waals surface area (Å²) in [6, 6.07) is 53.5. The summed E-state index contributed by atoms with van der Waals surface area (Å²) in [6.07, 6.45) is 10.3. The lowest BCUT2D eigenvalue weighted by Gasteiger charge is -2.43. The first kappa shape index (κ1) is 94.8. The molecule has 6 amide bonds. The highest BCUT2D eigenvalue weighted by atomic mass is 79.9. The van der Waals surface area contributed by atoms with Crippen molar-refractivity contribution in [3.8, 4) is 44.8 Å². The number of carbonyl (C=O) groups is 6. The van der Waals surface area contributed by atoms with Crippen LogP contribution >= 0.6 is 72.9 Å². The van der Waals surface area contributed by atoms with Gasteiger partial charge in [0, 0.05) is 113 Å². The van der Waals surface area contributed by atoms with Gasteiger partial charge in [-0.1, -0.05) is 84.4 Å². The average molecular weight is 1900 g/mol. The normalized spacial score (nSPS) is 23.9. The summed E-state index contributed by atoms with van der Waals surface area (Å²) in [5, 5.41) is 36.5. The lowest BCUT2D eigenvalue weighted by atomic mass is 9.77. The minimum Gasteiger partial charge on any atom is -0.391 e. The van der Waals surface area contributed by atoms with Gasteiger partial charge in [-0.15, -0.1) is 45.3 Å². The lowest BCUT2D eigenvalue weighted by molar-refractivity contribution is -0.142. The Bertz CT molecular complexity index is 6170. The van der Waals surface area contributed by atoms with Crippen molar-refractivity contribution >= 4 is 149 Å². The highest BCUT2D eigenvalue weighted by Gasteiger charge is 2.55. The number of likely N-dealkylation sites (N-methyl/N-ethyl adjacent to an activating group) is 1. The third-order valence-electron chi connectivity index (χ3n) is 25.2. The van der Waals surface area contributed by atoms with E-state index in [0.717, 1.165) is 118 Å². The average Bonchev–Trinajstić information content (AvgIpc) is 1.47. The second kappa shape index (κ2) is 39.6. The molecule has 0 bridgehead atoms. The number of ether oxygens (including phenoxy) is 1. The number of aromatic nitrogens is 1. The van der Waals surface area contributed by atoms with E-state index in [2.05, 4.69) is 83.7 Å². The minimum atomic E-state index is -0.779. The van der Waals surface area contributed by atoms with E-state index in [1.165, 1.54) is 53.9 Å². The fourth-order valence-corrected chi connectivity index (χ4v) is 22.0. The van der Waals surface area contributed by atoms with Gasteiger partial charge in [-0.3, -0.25) is 58.3 Å². The zero-order valence-electron chi connectivity index (χ0n) is 73.7. The molecule has 129 heavy (non-hydrogen) atoms. The number of nitrogens with zero attached hydrogens (tertiary/aromatic N) is 14. The molecule has 0 radical (unpaired) electrons. The van der Waals surface area contributed by atoms with E-state index >= 15 is 0 Å². The van der Waals surface area contributed by atoms with Crippen molar-refractivity contribution in [1.82, 2.24) is 34.4 Å². The molecule has 11 N–H and O–H groups in total. The second-order valence-corrected chi connectivity index (χ2v) is 39.5. The van der Waals surface area contributed by atoms with Crippen LogP contribution in [0.15, 0.2) is 210 Å². The van der Waals surface area contributed by atoms with E-state index in [4.69, 9.17) is 55.0 Å². The molecule has 0 spiro atoms. The number of amides is 6. The molecule has 9 atom stereocenters. The molecule has 7 aliphatic rings. The minimum absolute atomic E-state index is 0.00356. The largest absolute Gasteiger partial charge is 0.391 e. The van der Waals surface area contributed by atoms with Gasteiger partial charge in [-0.25, -0.2) is 25.0 Å². The van der Waals surface area contributed by atoms with Crippen LogP contribution in [-0.2, 0) is 75.1 Å². The summed E-state index contributed by atoms with van der Waals surface area (Å²) >= 11 is 15.8. The van der Waals surface area contributed by atoms with Crippen LogP contribution in [-0.4, -0.2) is 172 Å². The number of fused-ring (bicyclic) bond motifs is 1. The number of likely N-dealkylation sites (tertiary alicyclic amines) is 1. The van der Waals surface area contributed by atoms with Crippen molar-refractivity contribution < 1.29 is 38.6 Å². The molecule has 27 nitrogen and oxygen atoms in total. The van der Waals surface area contributed by atoms with Crippen molar-refractivity contribution in [3.63, 3.8) is 0 Å². The Morgan fingerprint density at radius 2 is 1.16 bits per heavy atom. The fraction of sp³-hybridized carbons (Fsp3) is 0.354. The van der Waals surface area contributed by atoms with Crippen LogP contribution < -0.4 is 28.7 Å². The van der Waals surface area contributed by atoms with Crippen LogP contribution in [0, 0.1) is 46.3 Å². The lowest BCUT2D eigenvalue weighted by Crippen LogP contribution is -2.57. The number of thiophene rings is 4. The number of methoxy groups -OCH3 is 1. The van der Waals surface area contributed by atoms with Gasteiger partial charge in [0.2, 0.25) is 29.5 Å². The maximum absolute atomic E-state index is 13.3. The molecular weight excluding hydrogens is 1790 g/mol. The summed E-state index contributed by atoms with van der Waals surface area (Å²) in [7, 11) is 9.76. The summed E-state index contributed by atoms with van der Waals surface area (Å²) in [4.78, 5) is 117. The number of aliphatic imine (C=N–C) groups is 5. The Labute approximate surface area is 780 Å². The van der Waals surface area contributed by atoms with Gasteiger partial charge >= 0.3 is 0 Å². The number of aryl methyl sites for hydroxylation is 1. The standard InChI is InChI=1S/C25H25N5OS.C23H28N4O2.C20H19ClN4OS.C17H19N3O2S.C11H14BrN3O2S/c1-25(22-14-20(16-32-22)19-7-3-6-18(13-19)15-26)21(23(31)30(2)24(27)29-25)8-4-5-17-9-11-28-12-10-17;1-23(14-21(29)26(2)22(24)25-23)19-8-5-11-27(15-19)20(28)13-16-9-10-17-6-3-4-7-18(17)12-16;1-20(17(12-3-4-12)18(26)25(2)19(23)24-20)16-8-14(10-27-16)13-5-11(9-22)6-15(21)7-13;1-17(9-15(22)20(2)16(18)19-17)12-5-3-4-11(8-12)14-7-6-13(10-21)23-14;1-11(7-4-6(12)5-18-7)8(17-3)9(16)15(2)10(13)14-11/h3,6-7,9-14,16,21H,4-5,8H2,1-2H3,(H2,27,29);3-4,6-7,9-10,12,19H,5,8,11,13-15H2,1-2H3,(H2,24,25);5-8,10,12,17H,3-4H2,1-2H3,(H2,23,24);3-8,21H,9-10H2,1-2H3,(H2,18,19);4-5,8H,1-3H3,(H2,13,14)/t21?,25-;19?,23-;17-,20-;17-;8?,11-/m00101/s1. The summed E-state index contributed by atoms with van der Waals surface area (Å²) in [6.45, 7) is 11.2. The predicted molar refractivity (Wildman–Crippen MR) is 515 cm³/mol. The summed E-state index contributed by atoms with van der Waals surface area (Å²) < 4.78 is 6.30. The van der Waals surface area contributed by atoms with Gasteiger partial charge in [-0.2, -0.15) is 10.5 Å². The van der Waals surface area contributed by atoms with Gasteiger partial charge < -0.3 is 43.4 Å². The third kappa shape index (κ3) is 20.7. The van der Waals surface area contributed by atoms with Crippen molar-refractivity contribution in [2.24, 2.45) is 77.3 Å². The first-order chi connectivity index (χ1) is 61.4. The molecule has 1 saturated heterocycles. The SMILES string of the molecule is CN1C(=O)C(CCCc2ccncc2)[C@@](C)(c2cc(-c3cccc(C#N)c3)cs2)N=C1N.CN1C(=O)C[C@@](C)(C2CCCN(C(=O)Cc3ccc4ccccc4c3)C2)N=C1N.CN1C(=O)C[C@@](C)(c2cccc(-c3ccc(CO)s3)c2)N=C1N.CN1C(=O)[C@@H](C2CC2)[C@@](C)(c2cc(-c3cc(Cl)cc(C#N)c3)cs2)N=C1N.COC1C(=O)N(C)C(N)=N[C@]1(C)c1cc(Br)cs1. The Morgan fingerprint density at radius 1 is 0.574 bits per heavy atom. The number of guanidine groups is 5. The van der Waals surface area contributed by atoms with Crippen molar-refractivity contribution in [3.05, 3.63) is 237 Å². The summed E-state index contributed by atoms with van der Waals surface area (Å²) in [5.41, 5.74) is 35.6. The number of piperidine rings is 1. The number of benzene rings is 5. The van der Waals surface area contributed by atoms with Gasteiger partial charge in [0.25, 0.3) is 5.91 Å². The Balaban J connectivity index is 0.000000139. The number of rotatable bonds is 17. The molecule has 2 fully saturated rings. The maximum Gasteiger partial charge on any atom is 0.261 e. The van der Waals surface area contributed by atoms with E-state index in [1.54, 1.807) is 93.8 Å². The molecule has 1 saturated carbocycles. The van der Waals surface area contributed by atoms with Crippen LogP contribution in [0.25, 0.3) is 43.5 Å². The summed E-state index contributed by atoms with van der Waals surface area (Å²) in [5.74, 6) is 1.12. The molecule has 670 valence electrons. The highest BCUT2D eigenvalue weighted by molar-refractivity contribution is 9.10. The van der Waals surface area contributed by atoms with Crippen LogP contribution in [0.3, 0.4) is 0 Å². The topological polar surface area (TPSA) is 404 Å². The van der Waals surface area contributed by atoms with Gasteiger partial charge in [0.15, 0.2) is 35.9 Å². The number of nitriles is 2. The second-order valence-electron chi connectivity index (χ2n) is 34.2. The fourth-order valence-electron chi connectivity index (χ4n) is 17.2. The molecule has 5 aromatic heterocycles. The smallest absolute Gasteiger partial charge is 0.261 e. The Hall–Kier alpha value is -11.9. The van der Waals surface area contributed by atoms with E-state index in [-0.39, 0.29) is 89.6 Å². The molecule has 5 aromatic carbocycles. The monoisotopic (exact) mass is 1890 g/mol. The van der Waals surface area contributed by atoms with Crippen LogP contribution in [0.5, 0.6) is 0 Å². The van der Waals surface area contributed by atoms with Crippen molar-refractivity contribution in [2.75, 3.05) is 55.4 Å². The number of pyridine rings is 1. The van der Waals surface area contributed by atoms with E-state index in [0.29, 0.717) is 54.3 Å². The number of nitrogens with two attached hydrogens (primary N) is 5. The zero-order valence-corrected chi connectivity index (χ0v) is 79.3. The molecule has 1 aliphatic carbocycles. The first-order valence-electron chi connectivity index (χ1n) is 42.2. The van der Waals surface area contributed by atoms with Crippen LogP contribution in [0.2, 0.25) is 5.02 Å². The molecule has 3 unspecified atom stereocenters. The maximum atomic E-state index is 13.3. The molecule has 17 rings (SSSR count). The predicted octanol–water partition coefficient (Wildman–Crippen LogP) is 14.7. The van der Waals surface area contributed by atoms with Crippen LogP contribution in [0.1, 0.15) is 133 Å². The number of carbonyl (C=O) groups excluding carboxylic acids is 6. The van der Waals surface area contributed by atoms with Crippen molar-refractivity contribution in [2.45, 2.75) is 139 Å². The molecule has 6 aliphatic heterocycles. The number of aliphatic hydroxyl groups is 1. The van der Waals surface area contributed by atoms with E-state index in [1.807, 2.05) is 159 Å².